The zero-order chi connectivity index (χ0) is 14.6. The molecular weight excluding hydrogens is 268 g/mol. The summed E-state index contributed by atoms with van der Waals surface area (Å²) in [5, 5.41) is 7.71. The van der Waals surface area contributed by atoms with E-state index in [4.69, 9.17) is 9.88 Å². The number of ether oxygens (including phenoxy) is 1. The first-order valence-electron chi connectivity index (χ1n) is 5.76. The van der Waals surface area contributed by atoms with Crippen molar-refractivity contribution < 1.29 is 17.9 Å². The fourth-order valence-electron chi connectivity index (χ4n) is 1.47. The molecule has 7 heteroatoms. The number of carbonyl (C=O) groups excluding carboxylic acids is 1. The molecule has 1 aromatic carbocycles. The number of hydrogen-bond donors (Lipinski definition) is 2. The molecule has 1 amide bonds. The molecule has 6 nitrogen and oxygen atoms in total. The normalized spacial score (nSPS) is 11.4. The Morgan fingerprint density at radius 3 is 2.53 bits per heavy atom. The Morgan fingerprint density at radius 1 is 1.42 bits per heavy atom. The minimum atomic E-state index is -3.72. The van der Waals surface area contributed by atoms with Gasteiger partial charge in [0.25, 0.3) is 5.91 Å². The van der Waals surface area contributed by atoms with Gasteiger partial charge < -0.3 is 10.1 Å². The van der Waals surface area contributed by atoms with E-state index >= 15 is 0 Å². The van der Waals surface area contributed by atoms with Crippen molar-refractivity contribution in [1.82, 2.24) is 5.32 Å². The molecule has 0 bridgehead atoms. The largest absolute Gasteiger partial charge is 0.484 e. The van der Waals surface area contributed by atoms with E-state index in [9.17, 15) is 13.2 Å². The summed E-state index contributed by atoms with van der Waals surface area (Å²) >= 11 is 0. The molecule has 0 fully saturated rings. The van der Waals surface area contributed by atoms with Gasteiger partial charge in [0.1, 0.15) is 5.75 Å². The van der Waals surface area contributed by atoms with E-state index in [2.05, 4.69) is 5.32 Å². The molecule has 106 valence electrons. The number of benzene rings is 1. The van der Waals surface area contributed by atoms with Gasteiger partial charge in [0, 0.05) is 6.04 Å². The lowest BCUT2D eigenvalue weighted by Gasteiger charge is -2.11. The number of nitrogens with one attached hydrogen (secondary N) is 1. The molecule has 0 radical (unpaired) electrons. The van der Waals surface area contributed by atoms with Crippen molar-refractivity contribution in [1.29, 1.82) is 0 Å². The Bertz CT molecular complexity index is 567. The van der Waals surface area contributed by atoms with Gasteiger partial charge in [-0.1, -0.05) is 0 Å². The van der Waals surface area contributed by atoms with Gasteiger partial charge in [0.05, 0.1) is 4.90 Å². The molecule has 0 unspecified atom stereocenters. The van der Waals surface area contributed by atoms with Crippen LogP contribution < -0.4 is 15.2 Å². The van der Waals surface area contributed by atoms with E-state index < -0.39 is 10.0 Å². The van der Waals surface area contributed by atoms with Crippen LogP contribution in [0.5, 0.6) is 5.75 Å². The Hall–Kier alpha value is -1.60. The van der Waals surface area contributed by atoms with Crippen molar-refractivity contribution in [2.24, 2.45) is 5.14 Å². The van der Waals surface area contributed by atoms with E-state index in [0.717, 1.165) is 0 Å². The highest BCUT2D eigenvalue weighted by molar-refractivity contribution is 7.89. The van der Waals surface area contributed by atoms with E-state index in [-0.39, 0.29) is 23.5 Å². The average Bonchev–Trinajstić information content (AvgIpc) is 2.25. The van der Waals surface area contributed by atoms with E-state index in [0.29, 0.717) is 11.3 Å². The van der Waals surface area contributed by atoms with Crippen molar-refractivity contribution in [3.05, 3.63) is 23.8 Å². The Balaban J connectivity index is 2.74. The summed E-state index contributed by atoms with van der Waals surface area (Å²) in [6, 6.07) is 4.28. The van der Waals surface area contributed by atoms with Crippen molar-refractivity contribution in [2.45, 2.75) is 31.7 Å². The lowest BCUT2D eigenvalue weighted by Crippen LogP contribution is -2.34. The van der Waals surface area contributed by atoms with Crippen molar-refractivity contribution in [3.8, 4) is 5.75 Å². The molecule has 0 aliphatic carbocycles. The second-order valence-electron chi connectivity index (χ2n) is 4.48. The summed E-state index contributed by atoms with van der Waals surface area (Å²) in [6.07, 6.45) is 0. The van der Waals surface area contributed by atoms with Crippen molar-refractivity contribution in [3.63, 3.8) is 0 Å². The molecule has 0 atom stereocenters. The number of rotatable bonds is 5. The molecule has 0 heterocycles. The monoisotopic (exact) mass is 286 g/mol. The van der Waals surface area contributed by atoms with Crippen LogP contribution in [-0.4, -0.2) is 27.0 Å². The summed E-state index contributed by atoms with van der Waals surface area (Å²) in [5.74, 6) is 0.219. The maximum Gasteiger partial charge on any atom is 0.258 e. The molecule has 0 aromatic heterocycles. The molecule has 0 aliphatic rings. The maximum absolute atomic E-state index is 11.4. The van der Waals surface area contributed by atoms with Crippen LogP contribution in [0, 0.1) is 6.92 Å². The summed E-state index contributed by atoms with van der Waals surface area (Å²) in [5.41, 5.74) is 0.601. The highest BCUT2D eigenvalue weighted by atomic mass is 32.2. The second kappa shape index (κ2) is 6.03. The van der Waals surface area contributed by atoms with Crippen LogP contribution in [0.1, 0.15) is 19.4 Å². The lowest BCUT2D eigenvalue weighted by atomic mass is 10.2. The predicted molar refractivity (Wildman–Crippen MR) is 71.3 cm³/mol. The molecule has 0 saturated carbocycles. The SMILES string of the molecule is Cc1cc(S(N)(=O)=O)ccc1OCC(=O)NC(C)C. The lowest BCUT2D eigenvalue weighted by molar-refractivity contribution is -0.123. The van der Waals surface area contributed by atoms with Gasteiger partial charge in [-0.3, -0.25) is 4.79 Å². The third kappa shape index (κ3) is 4.88. The van der Waals surface area contributed by atoms with Gasteiger partial charge in [0.15, 0.2) is 6.61 Å². The number of amides is 1. The zero-order valence-electron chi connectivity index (χ0n) is 11.1. The van der Waals surface area contributed by atoms with Crippen LogP contribution in [-0.2, 0) is 14.8 Å². The van der Waals surface area contributed by atoms with Gasteiger partial charge in [-0.15, -0.1) is 0 Å². The Kier molecular flexibility index (Phi) is 4.90. The maximum atomic E-state index is 11.4. The molecule has 0 saturated heterocycles. The first-order valence-corrected chi connectivity index (χ1v) is 7.30. The summed E-state index contributed by atoms with van der Waals surface area (Å²) in [6.45, 7) is 5.27. The molecular formula is C12H18N2O4S. The predicted octanol–water partition coefficient (Wildman–Crippen LogP) is 0.546. The van der Waals surface area contributed by atoms with Gasteiger partial charge >= 0.3 is 0 Å². The first kappa shape index (κ1) is 15.5. The first-order chi connectivity index (χ1) is 8.70. The minimum Gasteiger partial charge on any atom is -0.484 e. The van der Waals surface area contributed by atoms with Crippen molar-refractivity contribution in [2.75, 3.05) is 6.61 Å². The average molecular weight is 286 g/mol. The number of nitrogens with two attached hydrogens (primary N) is 1. The zero-order valence-corrected chi connectivity index (χ0v) is 12.0. The standard InChI is InChI=1S/C12H18N2O4S/c1-8(2)14-12(15)7-18-11-5-4-10(6-9(11)3)19(13,16)17/h4-6,8H,7H2,1-3H3,(H,14,15)(H2,13,16,17). The quantitative estimate of drug-likeness (QED) is 0.825. The smallest absolute Gasteiger partial charge is 0.258 e. The van der Waals surface area contributed by atoms with Gasteiger partial charge in [0.2, 0.25) is 10.0 Å². The van der Waals surface area contributed by atoms with Crippen molar-refractivity contribution >= 4 is 15.9 Å². The molecule has 0 spiro atoms. The highest BCUT2D eigenvalue weighted by Gasteiger charge is 2.11. The van der Waals surface area contributed by atoms with Crippen LogP contribution in [0.25, 0.3) is 0 Å². The molecule has 1 aromatic rings. The third-order valence-corrected chi connectivity index (χ3v) is 3.19. The minimum absolute atomic E-state index is 0.0176. The molecule has 19 heavy (non-hydrogen) atoms. The fourth-order valence-corrected chi connectivity index (χ4v) is 2.07. The Morgan fingerprint density at radius 2 is 2.05 bits per heavy atom. The van der Waals surface area contributed by atoms with Gasteiger partial charge in [-0.25, -0.2) is 13.6 Å². The van der Waals surface area contributed by atoms with Crippen LogP contribution in [0.3, 0.4) is 0 Å². The molecule has 0 aliphatic heterocycles. The van der Waals surface area contributed by atoms with Crippen LogP contribution in [0.15, 0.2) is 23.1 Å². The van der Waals surface area contributed by atoms with Crippen LogP contribution in [0.4, 0.5) is 0 Å². The number of hydrogen-bond acceptors (Lipinski definition) is 4. The number of aryl methyl sites for hydroxylation is 1. The Labute approximate surface area is 113 Å². The number of carbonyl (C=O) groups is 1. The van der Waals surface area contributed by atoms with Crippen LogP contribution >= 0.6 is 0 Å². The number of primary sulfonamides is 1. The fraction of sp³-hybridized carbons (Fsp3) is 0.417. The van der Waals surface area contributed by atoms with E-state index in [1.165, 1.54) is 18.2 Å². The topological polar surface area (TPSA) is 98.5 Å². The molecule has 1 rings (SSSR count). The van der Waals surface area contributed by atoms with E-state index in [1.54, 1.807) is 6.92 Å². The summed E-state index contributed by atoms with van der Waals surface area (Å²) in [7, 11) is -3.72. The highest BCUT2D eigenvalue weighted by Crippen LogP contribution is 2.20. The molecule has 3 N–H and O–H groups in total. The van der Waals surface area contributed by atoms with Crippen LogP contribution in [0.2, 0.25) is 0 Å². The number of sulfonamides is 1. The summed E-state index contributed by atoms with van der Waals surface area (Å²) < 4.78 is 27.6. The summed E-state index contributed by atoms with van der Waals surface area (Å²) in [4.78, 5) is 11.4. The second-order valence-corrected chi connectivity index (χ2v) is 6.04. The van der Waals surface area contributed by atoms with Gasteiger partial charge in [-0.2, -0.15) is 0 Å². The van der Waals surface area contributed by atoms with Gasteiger partial charge in [-0.05, 0) is 44.5 Å². The third-order valence-electron chi connectivity index (χ3n) is 2.28. The van der Waals surface area contributed by atoms with E-state index in [1.807, 2.05) is 13.8 Å².